The van der Waals surface area contributed by atoms with Crippen molar-refractivity contribution in [2.75, 3.05) is 24.6 Å². The number of nitrogens with zero attached hydrogens (tertiary/aromatic N) is 1. The van der Waals surface area contributed by atoms with Gasteiger partial charge in [-0.25, -0.2) is 13.6 Å². The van der Waals surface area contributed by atoms with E-state index in [1.165, 1.54) is 18.2 Å². The number of aliphatic hydroxyl groups is 1. The molecule has 0 spiro atoms. The van der Waals surface area contributed by atoms with E-state index in [1.54, 1.807) is 4.90 Å². The predicted octanol–water partition coefficient (Wildman–Crippen LogP) is 2.00. The van der Waals surface area contributed by atoms with Gasteiger partial charge in [0.25, 0.3) is 0 Å². The third kappa shape index (κ3) is 4.54. The van der Waals surface area contributed by atoms with Crippen molar-refractivity contribution in [3.05, 3.63) is 29.8 Å². The Kier molecular flexibility index (Phi) is 6.15. The predicted molar refractivity (Wildman–Crippen MR) is 84.4 cm³/mol. The lowest BCUT2D eigenvalue weighted by atomic mass is 10.1. The molecule has 1 aliphatic heterocycles. The Morgan fingerprint density at radius 2 is 2.13 bits per heavy atom. The van der Waals surface area contributed by atoms with E-state index in [1.807, 2.05) is 6.92 Å². The summed E-state index contributed by atoms with van der Waals surface area (Å²) in [5.74, 6) is -1.19. The van der Waals surface area contributed by atoms with E-state index < -0.39 is 11.6 Å². The Balaban J connectivity index is 1.89. The molecule has 1 aromatic carbocycles. The molecule has 23 heavy (non-hydrogen) atoms. The molecule has 1 aliphatic rings. The van der Waals surface area contributed by atoms with Crippen molar-refractivity contribution in [3.8, 4) is 0 Å². The summed E-state index contributed by atoms with van der Waals surface area (Å²) in [7, 11) is 0. The number of aliphatic hydroxyl groups excluding tert-OH is 1. The van der Waals surface area contributed by atoms with Gasteiger partial charge in [-0.05, 0) is 31.4 Å². The molecule has 0 bridgehead atoms. The zero-order valence-electron chi connectivity index (χ0n) is 13.2. The van der Waals surface area contributed by atoms with Crippen molar-refractivity contribution in [1.82, 2.24) is 10.6 Å². The maximum absolute atomic E-state index is 13.8. The van der Waals surface area contributed by atoms with Gasteiger partial charge in [0, 0.05) is 31.8 Å². The molecule has 1 heterocycles. The molecule has 0 radical (unpaired) electrons. The summed E-state index contributed by atoms with van der Waals surface area (Å²) in [4.78, 5) is 13.6. The van der Waals surface area contributed by atoms with Gasteiger partial charge >= 0.3 is 6.03 Å². The summed E-state index contributed by atoms with van der Waals surface area (Å²) in [5, 5.41) is 14.5. The minimum atomic E-state index is -0.593. The van der Waals surface area contributed by atoms with Crippen LogP contribution in [0.2, 0.25) is 0 Å². The van der Waals surface area contributed by atoms with Crippen LogP contribution in [0.5, 0.6) is 0 Å². The van der Waals surface area contributed by atoms with Crippen LogP contribution in [0.4, 0.5) is 19.3 Å². The second kappa shape index (κ2) is 8.10. The van der Waals surface area contributed by atoms with Crippen LogP contribution in [-0.4, -0.2) is 42.9 Å². The van der Waals surface area contributed by atoms with Crippen LogP contribution in [0.3, 0.4) is 0 Å². The summed E-state index contributed by atoms with van der Waals surface area (Å²) in [6, 6.07) is 3.23. The van der Waals surface area contributed by atoms with Gasteiger partial charge in [0.1, 0.15) is 17.3 Å². The third-order valence-electron chi connectivity index (χ3n) is 4.08. The summed E-state index contributed by atoms with van der Waals surface area (Å²) >= 11 is 0. The van der Waals surface area contributed by atoms with E-state index in [0.29, 0.717) is 25.9 Å². The van der Waals surface area contributed by atoms with Gasteiger partial charge < -0.3 is 20.6 Å². The van der Waals surface area contributed by atoms with Crippen LogP contribution in [0.25, 0.3) is 0 Å². The summed E-state index contributed by atoms with van der Waals surface area (Å²) in [6.45, 7) is 2.79. The lowest BCUT2D eigenvalue weighted by Crippen LogP contribution is -2.47. The molecule has 2 atom stereocenters. The molecule has 2 rings (SSSR count). The maximum Gasteiger partial charge on any atom is 0.315 e. The van der Waals surface area contributed by atoms with E-state index in [-0.39, 0.29) is 30.4 Å². The normalized spacial score (nSPS) is 18.8. The fourth-order valence-electron chi connectivity index (χ4n) is 2.82. The lowest BCUT2D eigenvalue weighted by molar-refractivity contribution is 0.225. The highest BCUT2D eigenvalue weighted by Gasteiger charge is 2.27. The molecule has 0 aliphatic carbocycles. The summed E-state index contributed by atoms with van der Waals surface area (Å²) in [5.41, 5.74) is -0.0380. The summed E-state index contributed by atoms with van der Waals surface area (Å²) in [6.07, 6.45) is 1.85. The number of para-hydroxylation sites is 1. The minimum Gasteiger partial charge on any atom is -0.396 e. The van der Waals surface area contributed by atoms with Crippen LogP contribution in [0, 0.1) is 11.6 Å². The molecule has 3 N–H and O–H groups in total. The second-order valence-electron chi connectivity index (χ2n) is 5.74. The number of rotatable bonds is 6. The first-order chi connectivity index (χ1) is 11.0. The molecule has 1 fully saturated rings. The fraction of sp³-hybridized carbons (Fsp3) is 0.562. The van der Waals surface area contributed by atoms with Crippen LogP contribution < -0.4 is 15.5 Å². The van der Waals surface area contributed by atoms with Gasteiger partial charge in [-0.2, -0.15) is 0 Å². The number of carbonyl (C=O) groups is 1. The fourth-order valence-corrected chi connectivity index (χ4v) is 2.82. The van der Waals surface area contributed by atoms with E-state index in [0.717, 1.165) is 6.42 Å². The molecule has 5 nitrogen and oxygen atoms in total. The number of halogens is 2. The first-order valence-corrected chi connectivity index (χ1v) is 7.92. The van der Waals surface area contributed by atoms with Crippen molar-refractivity contribution in [1.29, 1.82) is 0 Å². The zero-order chi connectivity index (χ0) is 16.8. The lowest BCUT2D eigenvalue weighted by Gasteiger charge is -2.21. The van der Waals surface area contributed by atoms with Gasteiger partial charge in [0.2, 0.25) is 0 Å². The largest absolute Gasteiger partial charge is 0.396 e. The van der Waals surface area contributed by atoms with Crippen molar-refractivity contribution in [2.24, 2.45) is 0 Å². The molecular weight excluding hydrogens is 304 g/mol. The number of urea groups is 1. The third-order valence-corrected chi connectivity index (χ3v) is 4.08. The highest BCUT2D eigenvalue weighted by atomic mass is 19.1. The quantitative estimate of drug-likeness (QED) is 0.749. The minimum absolute atomic E-state index is 0.0164. The van der Waals surface area contributed by atoms with Gasteiger partial charge in [0.05, 0.1) is 0 Å². The van der Waals surface area contributed by atoms with Gasteiger partial charge in [0.15, 0.2) is 0 Å². The van der Waals surface area contributed by atoms with E-state index in [4.69, 9.17) is 5.11 Å². The van der Waals surface area contributed by atoms with E-state index in [2.05, 4.69) is 10.6 Å². The first kappa shape index (κ1) is 17.5. The number of amides is 2. The Morgan fingerprint density at radius 3 is 2.74 bits per heavy atom. The number of benzene rings is 1. The second-order valence-corrected chi connectivity index (χ2v) is 5.74. The maximum atomic E-state index is 13.8. The number of nitrogens with one attached hydrogen (secondary N) is 2. The zero-order valence-corrected chi connectivity index (χ0v) is 13.2. The molecule has 7 heteroatoms. The van der Waals surface area contributed by atoms with E-state index in [9.17, 15) is 13.6 Å². The molecule has 0 aromatic heterocycles. The number of carbonyl (C=O) groups excluding carboxylic acids is 1. The molecule has 0 saturated carbocycles. The number of anilines is 1. The SMILES string of the molecule is CCC(CCO)NC(=O)NC1CCN(c2c(F)cccc2F)C1. The van der Waals surface area contributed by atoms with Crippen LogP contribution in [0.15, 0.2) is 18.2 Å². The van der Waals surface area contributed by atoms with Gasteiger partial charge in [-0.3, -0.25) is 0 Å². The van der Waals surface area contributed by atoms with E-state index >= 15 is 0 Å². The van der Waals surface area contributed by atoms with Crippen LogP contribution >= 0.6 is 0 Å². The molecule has 2 amide bonds. The molecule has 2 unspecified atom stereocenters. The molecule has 1 saturated heterocycles. The number of hydrogen-bond acceptors (Lipinski definition) is 3. The average Bonchev–Trinajstić information content (AvgIpc) is 2.94. The average molecular weight is 327 g/mol. The van der Waals surface area contributed by atoms with Crippen molar-refractivity contribution in [3.63, 3.8) is 0 Å². The summed E-state index contributed by atoms with van der Waals surface area (Å²) < 4.78 is 27.6. The topological polar surface area (TPSA) is 64.6 Å². The Labute approximate surface area is 134 Å². The Bertz CT molecular complexity index is 522. The first-order valence-electron chi connectivity index (χ1n) is 7.92. The Hall–Kier alpha value is -1.89. The molecular formula is C16H23F2N3O2. The highest BCUT2D eigenvalue weighted by molar-refractivity contribution is 5.74. The van der Waals surface area contributed by atoms with Gasteiger partial charge in [-0.15, -0.1) is 0 Å². The Morgan fingerprint density at radius 1 is 1.43 bits per heavy atom. The van der Waals surface area contributed by atoms with Crippen molar-refractivity contribution in [2.45, 2.75) is 38.3 Å². The van der Waals surface area contributed by atoms with Crippen LogP contribution in [0.1, 0.15) is 26.2 Å². The smallest absolute Gasteiger partial charge is 0.315 e. The van der Waals surface area contributed by atoms with Crippen molar-refractivity contribution < 1.29 is 18.7 Å². The number of hydrogen-bond donors (Lipinski definition) is 3. The standard InChI is InChI=1S/C16H23F2N3O2/c1-2-11(7-9-22)19-16(23)20-12-6-8-21(10-12)15-13(17)4-3-5-14(15)18/h3-5,11-12,22H,2,6-10H2,1H3,(H2,19,20,23). The molecule has 128 valence electrons. The monoisotopic (exact) mass is 327 g/mol. The van der Waals surface area contributed by atoms with Gasteiger partial charge in [-0.1, -0.05) is 13.0 Å². The highest BCUT2D eigenvalue weighted by Crippen LogP contribution is 2.26. The van der Waals surface area contributed by atoms with Crippen LogP contribution in [-0.2, 0) is 0 Å². The molecule has 1 aromatic rings. The van der Waals surface area contributed by atoms with Crippen molar-refractivity contribution >= 4 is 11.7 Å².